The summed E-state index contributed by atoms with van der Waals surface area (Å²) in [6.45, 7) is -4.83. The van der Waals surface area contributed by atoms with E-state index in [0.29, 0.717) is 6.42 Å². The van der Waals surface area contributed by atoms with E-state index < -0.39 is 25.6 Å². The molecule has 0 aliphatic rings. The molecule has 0 aromatic carbocycles. The summed E-state index contributed by atoms with van der Waals surface area (Å²) in [5, 5.41) is 8.51. The van der Waals surface area contributed by atoms with Crippen LogP contribution in [0.3, 0.4) is 0 Å². The number of aliphatic carboxylic acids is 1. The molecule has 0 atom stereocenters. The number of carbonyl (C=O) groups is 1. The lowest BCUT2D eigenvalue weighted by atomic mass is 10.0. The van der Waals surface area contributed by atoms with Crippen molar-refractivity contribution in [2.24, 2.45) is 5.92 Å². The predicted octanol–water partition coefficient (Wildman–Crippen LogP) is 5.02. The van der Waals surface area contributed by atoms with Gasteiger partial charge in [0.15, 0.2) is 0 Å². The Balaban J connectivity index is 3.60. The van der Waals surface area contributed by atoms with Gasteiger partial charge in [0.1, 0.15) is 0 Å². The average molecular weight is 248 g/mol. The molecule has 0 saturated carbocycles. The standard InChI is InChI=1S/C15H30O2/c1-14(2)12-10-8-6-4-3-5-7-9-11-13-15(16)17/h14H,3-13H2,1-2H3,(H,16,17)/i1D3,2D3. The maximum absolute atomic E-state index is 10.3. The minimum absolute atomic E-state index is 0.224. The molecule has 1 N–H and O–H groups in total. The third kappa shape index (κ3) is 15.5. The van der Waals surface area contributed by atoms with Crippen molar-refractivity contribution in [2.75, 3.05) is 0 Å². The molecule has 0 aromatic heterocycles. The third-order valence-corrected chi connectivity index (χ3v) is 2.88. The van der Waals surface area contributed by atoms with Gasteiger partial charge in [0.2, 0.25) is 0 Å². The van der Waals surface area contributed by atoms with Gasteiger partial charge >= 0.3 is 5.97 Å². The van der Waals surface area contributed by atoms with Crippen LogP contribution in [0.15, 0.2) is 0 Å². The molecule has 17 heavy (non-hydrogen) atoms. The van der Waals surface area contributed by atoms with Crippen LogP contribution in [-0.2, 0) is 4.79 Å². The molecule has 0 heterocycles. The molecular weight excluding hydrogens is 212 g/mol. The normalized spacial score (nSPS) is 17.7. The number of rotatable bonds is 12. The van der Waals surface area contributed by atoms with Crippen LogP contribution in [0.5, 0.6) is 0 Å². The lowest BCUT2D eigenvalue weighted by molar-refractivity contribution is -0.137. The van der Waals surface area contributed by atoms with Crippen molar-refractivity contribution in [3.8, 4) is 0 Å². The number of hydrogen-bond donors (Lipinski definition) is 1. The Morgan fingerprint density at radius 1 is 0.941 bits per heavy atom. The molecule has 2 heteroatoms. The van der Waals surface area contributed by atoms with Crippen molar-refractivity contribution in [3.63, 3.8) is 0 Å². The molecule has 0 spiro atoms. The van der Waals surface area contributed by atoms with Crippen LogP contribution in [0.4, 0.5) is 0 Å². The zero-order valence-electron chi connectivity index (χ0n) is 16.7. The first-order valence-corrected chi connectivity index (χ1v) is 6.77. The molecule has 0 saturated heterocycles. The van der Waals surface area contributed by atoms with Gasteiger partial charge in [0.05, 0.1) is 0 Å². The summed E-state index contributed by atoms with van der Waals surface area (Å²) in [5.74, 6) is -1.96. The van der Waals surface area contributed by atoms with Crippen LogP contribution in [0.25, 0.3) is 0 Å². The van der Waals surface area contributed by atoms with E-state index in [1.807, 2.05) is 0 Å². The summed E-state index contributed by atoms with van der Waals surface area (Å²) in [7, 11) is 0. The van der Waals surface area contributed by atoms with Crippen LogP contribution in [0, 0.1) is 5.92 Å². The topological polar surface area (TPSA) is 37.3 Å². The third-order valence-electron chi connectivity index (χ3n) is 2.88. The van der Waals surface area contributed by atoms with Gasteiger partial charge in [-0.2, -0.15) is 0 Å². The van der Waals surface area contributed by atoms with E-state index in [9.17, 15) is 4.79 Å². The highest BCUT2D eigenvalue weighted by Gasteiger charge is 1.97. The second-order valence-corrected chi connectivity index (χ2v) is 4.67. The van der Waals surface area contributed by atoms with Gasteiger partial charge in [-0.15, -0.1) is 0 Å². The largest absolute Gasteiger partial charge is 0.481 e. The minimum atomic E-state index is -2.42. The average Bonchev–Trinajstić information content (AvgIpc) is 2.36. The van der Waals surface area contributed by atoms with Crippen LogP contribution in [0.2, 0.25) is 0 Å². The fraction of sp³-hybridized carbons (Fsp3) is 0.933. The van der Waals surface area contributed by atoms with E-state index in [1.54, 1.807) is 0 Å². The van der Waals surface area contributed by atoms with Crippen LogP contribution >= 0.6 is 0 Å². The maximum Gasteiger partial charge on any atom is 0.303 e. The highest BCUT2D eigenvalue weighted by molar-refractivity contribution is 5.66. The molecule has 0 fully saturated rings. The Morgan fingerprint density at radius 3 is 1.88 bits per heavy atom. The Hall–Kier alpha value is -0.530. The fourth-order valence-corrected chi connectivity index (χ4v) is 1.86. The van der Waals surface area contributed by atoms with E-state index in [-0.39, 0.29) is 12.8 Å². The van der Waals surface area contributed by atoms with Crippen molar-refractivity contribution in [2.45, 2.75) is 84.3 Å². The molecule has 102 valence electrons. The summed E-state index contributed by atoms with van der Waals surface area (Å²) in [6, 6.07) is 0. The summed E-state index contributed by atoms with van der Waals surface area (Å²) in [4.78, 5) is 10.3. The smallest absolute Gasteiger partial charge is 0.303 e. The van der Waals surface area contributed by atoms with Gasteiger partial charge in [-0.05, 0) is 12.3 Å². The van der Waals surface area contributed by atoms with Gasteiger partial charge < -0.3 is 5.11 Å². The van der Waals surface area contributed by atoms with E-state index in [4.69, 9.17) is 13.3 Å². The van der Waals surface area contributed by atoms with E-state index >= 15 is 0 Å². The Bertz CT molecular complexity index is 311. The van der Waals surface area contributed by atoms with E-state index in [0.717, 1.165) is 51.4 Å². The molecule has 0 rings (SSSR count). The fourth-order valence-electron chi connectivity index (χ4n) is 1.86. The quantitative estimate of drug-likeness (QED) is 0.492. The molecule has 0 unspecified atom stereocenters. The van der Waals surface area contributed by atoms with Crippen molar-refractivity contribution < 1.29 is 18.1 Å². The first-order chi connectivity index (χ1) is 10.5. The number of carboxylic acid groups (broad SMARTS) is 1. The summed E-state index contributed by atoms with van der Waals surface area (Å²) < 4.78 is 44.0. The summed E-state index contributed by atoms with van der Waals surface area (Å²) >= 11 is 0. The van der Waals surface area contributed by atoms with Crippen molar-refractivity contribution in [3.05, 3.63) is 0 Å². The molecular formula is C15H30O2. The molecule has 0 amide bonds. The van der Waals surface area contributed by atoms with Gasteiger partial charge in [-0.1, -0.05) is 71.5 Å². The summed E-state index contributed by atoms with van der Waals surface area (Å²) in [6.07, 6.45) is 8.94. The minimum Gasteiger partial charge on any atom is -0.481 e. The van der Waals surface area contributed by atoms with E-state index in [1.165, 1.54) is 0 Å². The lowest BCUT2D eigenvalue weighted by Crippen LogP contribution is -1.93. The van der Waals surface area contributed by atoms with Gasteiger partial charge in [0, 0.05) is 14.6 Å². The van der Waals surface area contributed by atoms with Gasteiger partial charge in [0.25, 0.3) is 0 Å². The predicted molar refractivity (Wildman–Crippen MR) is 73.3 cm³/mol. The SMILES string of the molecule is [2H]C([2H])([2H])C(CCCCCCCCCCCC(=O)O)C([2H])([2H])[2H]. The van der Waals surface area contributed by atoms with Crippen LogP contribution in [-0.4, -0.2) is 11.1 Å². The second-order valence-electron chi connectivity index (χ2n) is 4.67. The van der Waals surface area contributed by atoms with Crippen LogP contribution < -0.4 is 0 Å². The van der Waals surface area contributed by atoms with Crippen molar-refractivity contribution in [1.82, 2.24) is 0 Å². The first kappa shape index (κ1) is 8.55. The Kier molecular flexibility index (Phi) is 6.01. The molecule has 0 aromatic rings. The molecule has 0 bridgehead atoms. The zero-order valence-corrected chi connectivity index (χ0v) is 10.7. The van der Waals surface area contributed by atoms with Crippen LogP contribution in [0.1, 0.15) is 92.6 Å². The molecule has 0 aliphatic carbocycles. The Morgan fingerprint density at radius 2 is 1.41 bits per heavy atom. The monoisotopic (exact) mass is 248 g/mol. The second kappa shape index (κ2) is 11.9. The van der Waals surface area contributed by atoms with Crippen molar-refractivity contribution in [1.29, 1.82) is 0 Å². The highest BCUT2D eigenvalue weighted by Crippen LogP contribution is 2.13. The van der Waals surface area contributed by atoms with Gasteiger partial charge in [-0.3, -0.25) is 4.79 Å². The lowest BCUT2D eigenvalue weighted by Gasteiger charge is -2.04. The molecule has 2 nitrogen and oxygen atoms in total. The maximum atomic E-state index is 10.3. The Labute approximate surface area is 115 Å². The molecule has 0 radical (unpaired) electrons. The number of hydrogen-bond acceptors (Lipinski definition) is 1. The van der Waals surface area contributed by atoms with Crippen molar-refractivity contribution >= 4 is 5.97 Å². The zero-order chi connectivity index (χ0) is 17.9. The highest BCUT2D eigenvalue weighted by atomic mass is 16.4. The van der Waals surface area contributed by atoms with Gasteiger partial charge in [-0.25, -0.2) is 0 Å². The number of unbranched alkanes of at least 4 members (excludes halogenated alkanes) is 8. The first-order valence-electron chi connectivity index (χ1n) is 9.77. The summed E-state index contributed by atoms with van der Waals surface area (Å²) in [5.41, 5.74) is 0. The number of carboxylic acids is 1. The molecule has 0 aliphatic heterocycles. The van der Waals surface area contributed by atoms with E-state index in [2.05, 4.69) is 0 Å².